The van der Waals surface area contributed by atoms with Crippen LogP contribution in [0.4, 0.5) is 0 Å². The molecule has 3 fully saturated rings. The van der Waals surface area contributed by atoms with Crippen LogP contribution in [0.1, 0.15) is 32.1 Å². The van der Waals surface area contributed by atoms with Gasteiger partial charge in [-0.15, -0.1) is 0 Å². The molecule has 3 saturated heterocycles. The Morgan fingerprint density at radius 1 is 1.17 bits per heavy atom. The van der Waals surface area contributed by atoms with Gasteiger partial charge in [0.1, 0.15) is 0 Å². The van der Waals surface area contributed by atoms with Gasteiger partial charge in [0.05, 0.1) is 0 Å². The quantitative estimate of drug-likeness (QED) is 0.750. The monoisotopic (exact) mass is 246 g/mol. The summed E-state index contributed by atoms with van der Waals surface area (Å²) in [6, 6.07) is 1.13. The Kier molecular flexibility index (Phi) is 2.51. The number of nitrogens with zero attached hydrogens (tertiary/aromatic N) is 1. The molecule has 3 heteroatoms. The molecule has 18 heavy (non-hydrogen) atoms. The number of allylic oxidation sites excluding steroid dienone is 2. The molecule has 98 valence electrons. The zero-order valence-electron chi connectivity index (χ0n) is 10.8. The molecule has 0 spiro atoms. The van der Waals surface area contributed by atoms with E-state index in [-0.39, 0.29) is 0 Å². The maximum Gasteiger partial charge on any atom is 0.223 e. The number of rotatable bonds is 2. The molecular formula is C15H22N2O. The molecule has 3 aliphatic heterocycles. The topological polar surface area (TPSA) is 32.3 Å². The third-order valence-corrected chi connectivity index (χ3v) is 5.61. The minimum Gasteiger partial charge on any atom is -0.336 e. The van der Waals surface area contributed by atoms with Gasteiger partial charge in [-0.2, -0.15) is 0 Å². The highest BCUT2D eigenvalue weighted by molar-refractivity contribution is 5.78. The molecule has 0 aromatic heterocycles. The fourth-order valence-corrected chi connectivity index (χ4v) is 4.83. The van der Waals surface area contributed by atoms with Crippen LogP contribution in [0.2, 0.25) is 0 Å². The molecule has 0 saturated carbocycles. The van der Waals surface area contributed by atoms with Crippen LogP contribution in [0.25, 0.3) is 0 Å². The first kappa shape index (κ1) is 11.0. The maximum atomic E-state index is 12.6. The predicted octanol–water partition coefficient (Wildman–Crippen LogP) is 1.55. The second-order valence-corrected chi connectivity index (χ2v) is 6.47. The molecule has 1 amide bonds. The fraction of sp³-hybridized carbons (Fsp3) is 0.800. The summed E-state index contributed by atoms with van der Waals surface area (Å²) in [7, 11) is 0. The fourth-order valence-electron chi connectivity index (χ4n) is 4.83. The van der Waals surface area contributed by atoms with Crippen molar-refractivity contribution < 1.29 is 4.79 Å². The van der Waals surface area contributed by atoms with E-state index in [1.807, 2.05) is 0 Å². The van der Waals surface area contributed by atoms with E-state index in [0.717, 1.165) is 31.3 Å². The smallest absolute Gasteiger partial charge is 0.223 e. The molecule has 0 aromatic rings. The molecule has 1 aliphatic carbocycles. The van der Waals surface area contributed by atoms with E-state index in [1.165, 1.54) is 25.7 Å². The SMILES string of the molecule is O=C(CC1C=CCC1)N1C2CCC1C1CNCC12. The summed E-state index contributed by atoms with van der Waals surface area (Å²) < 4.78 is 0. The summed E-state index contributed by atoms with van der Waals surface area (Å²) in [4.78, 5) is 14.9. The first-order valence-corrected chi connectivity index (χ1v) is 7.53. The summed E-state index contributed by atoms with van der Waals surface area (Å²) in [5.41, 5.74) is 0. The summed E-state index contributed by atoms with van der Waals surface area (Å²) in [6.45, 7) is 2.28. The summed E-state index contributed by atoms with van der Waals surface area (Å²) in [6.07, 6.45) is 10.1. The van der Waals surface area contributed by atoms with Crippen molar-refractivity contribution in [1.29, 1.82) is 0 Å². The summed E-state index contributed by atoms with van der Waals surface area (Å²) in [5.74, 6) is 2.47. The standard InChI is InChI=1S/C15H22N2O/c18-15(7-10-3-1-2-4-10)17-13-5-6-14(17)12-9-16-8-11(12)13/h1,3,10-14,16H,2,4-9H2. The number of carbonyl (C=O) groups is 1. The molecule has 4 rings (SSSR count). The lowest BCUT2D eigenvalue weighted by Gasteiger charge is -2.25. The molecule has 0 aromatic carbocycles. The highest BCUT2D eigenvalue weighted by atomic mass is 16.2. The zero-order valence-corrected chi connectivity index (χ0v) is 10.8. The molecule has 2 bridgehead atoms. The van der Waals surface area contributed by atoms with Gasteiger partial charge in [-0.1, -0.05) is 12.2 Å². The van der Waals surface area contributed by atoms with Crippen LogP contribution in [-0.4, -0.2) is 36.0 Å². The van der Waals surface area contributed by atoms with Crippen molar-refractivity contribution in [3.8, 4) is 0 Å². The van der Waals surface area contributed by atoms with Gasteiger partial charge in [0.15, 0.2) is 0 Å². The van der Waals surface area contributed by atoms with Crippen molar-refractivity contribution in [2.24, 2.45) is 17.8 Å². The van der Waals surface area contributed by atoms with Crippen LogP contribution in [0.15, 0.2) is 12.2 Å². The third-order valence-electron chi connectivity index (χ3n) is 5.61. The normalized spacial score (nSPS) is 44.9. The van der Waals surface area contributed by atoms with E-state index >= 15 is 0 Å². The molecule has 3 nitrogen and oxygen atoms in total. The number of carbonyl (C=O) groups excluding carboxylic acids is 1. The van der Waals surface area contributed by atoms with Crippen LogP contribution in [0.5, 0.6) is 0 Å². The first-order chi connectivity index (χ1) is 8.84. The lowest BCUT2D eigenvalue weighted by atomic mass is 9.82. The van der Waals surface area contributed by atoms with Gasteiger partial charge in [0.2, 0.25) is 5.91 Å². The molecule has 4 aliphatic rings. The third kappa shape index (κ3) is 1.49. The van der Waals surface area contributed by atoms with E-state index in [1.54, 1.807) is 0 Å². The van der Waals surface area contributed by atoms with Crippen molar-refractivity contribution in [3.05, 3.63) is 12.2 Å². The number of nitrogens with one attached hydrogen (secondary N) is 1. The Balaban J connectivity index is 1.48. The number of amides is 1. The van der Waals surface area contributed by atoms with Gasteiger partial charge in [-0.25, -0.2) is 0 Å². The van der Waals surface area contributed by atoms with Crippen LogP contribution < -0.4 is 5.32 Å². The minimum atomic E-state index is 0.438. The van der Waals surface area contributed by atoms with E-state index in [9.17, 15) is 4.79 Å². The van der Waals surface area contributed by atoms with Gasteiger partial charge < -0.3 is 10.2 Å². The average Bonchev–Trinajstić information content (AvgIpc) is 3.11. The first-order valence-electron chi connectivity index (χ1n) is 7.53. The van der Waals surface area contributed by atoms with Crippen LogP contribution >= 0.6 is 0 Å². The highest BCUT2D eigenvalue weighted by Gasteiger charge is 2.55. The Labute approximate surface area is 109 Å². The van der Waals surface area contributed by atoms with Crippen LogP contribution in [0, 0.1) is 17.8 Å². The second-order valence-electron chi connectivity index (χ2n) is 6.47. The predicted molar refractivity (Wildman–Crippen MR) is 70.0 cm³/mol. The minimum absolute atomic E-state index is 0.438. The second kappa shape index (κ2) is 4.09. The van der Waals surface area contributed by atoms with Crippen molar-refractivity contribution >= 4 is 5.91 Å². The highest BCUT2D eigenvalue weighted by Crippen LogP contribution is 2.47. The Morgan fingerprint density at radius 2 is 1.89 bits per heavy atom. The lowest BCUT2D eigenvalue weighted by molar-refractivity contribution is -0.133. The summed E-state index contributed by atoms with van der Waals surface area (Å²) >= 11 is 0. The van der Waals surface area contributed by atoms with E-state index in [4.69, 9.17) is 0 Å². The van der Waals surface area contributed by atoms with Crippen molar-refractivity contribution in [1.82, 2.24) is 10.2 Å². The molecule has 1 N–H and O–H groups in total. The number of hydrogen-bond donors (Lipinski definition) is 1. The molecule has 5 atom stereocenters. The van der Waals surface area contributed by atoms with Crippen molar-refractivity contribution in [2.45, 2.75) is 44.2 Å². The lowest BCUT2D eigenvalue weighted by Crippen LogP contribution is -2.39. The van der Waals surface area contributed by atoms with Gasteiger partial charge in [-0.05, 0) is 43.4 Å². The Morgan fingerprint density at radius 3 is 2.50 bits per heavy atom. The van der Waals surface area contributed by atoms with Gasteiger partial charge in [0.25, 0.3) is 0 Å². The van der Waals surface area contributed by atoms with Crippen molar-refractivity contribution in [3.63, 3.8) is 0 Å². The van der Waals surface area contributed by atoms with Crippen LogP contribution in [-0.2, 0) is 4.79 Å². The maximum absolute atomic E-state index is 12.6. The van der Waals surface area contributed by atoms with E-state index < -0.39 is 0 Å². The van der Waals surface area contributed by atoms with E-state index in [2.05, 4.69) is 22.4 Å². The Bertz CT molecular complexity index is 374. The number of fused-ring (bicyclic) bond motifs is 5. The largest absolute Gasteiger partial charge is 0.336 e. The molecule has 0 radical (unpaired) electrons. The molecule has 3 heterocycles. The molecule has 5 unspecified atom stereocenters. The summed E-state index contributed by atoms with van der Waals surface area (Å²) in [5, 5.41) is 3.51. The molecular weight excluding hydrogens is 224 g/mol. The van der Waals surface area contributed by atoms with Crippen LogP contribution in [0.3, 0.4) is 0 Å². The van der Waals surface area contributed by atoms with Gasteiger partial charge in [-0.3, -0.25) is 4.79 Å². The van der Waals surface area contributed by atoms with E-state index in [0.29, 0.717) is 23.9 Å². The zero-order chi connectivity index (χ0) is 12.1. The Hall–Kier alpha value is -0.830. The average molecular weight is 246 g/mol. The number of hydrogen-bond acceptors (Lipinski definition) is 2. The van der Waals surface area contributed by atoms with Crippen molar-refractivity contribution in [2.75, 3.05) is 13.1 Å². The van der Waals surface area contributed by atoms with Gasteiger partial charge >= 0.3 is 0 Å². The van der Waals surface area contributed by atoms with Gasteiger partial charge in [0, 0.05) is 31.6 Å².